The van der Waals surface area contributed by atoms with Crippen molar-refractivity contribution in [1.82, 2.24) is 0 Å². The van der Waals surface area contributed by atoms with Crippen molar-refractivity contribution in [3.63, 3.8) is 0 Å². The molecule has 0 unspecified atom stereocenters. The molecule has 0 atom stereocenters. The third-order valence-corrected chi connectivity index (χ3v) is 2.32. The van der Waals surface area contributed by atoms with E-state index in [9.17, 15) is 13.2 Å². The summed E-state index contributed by atoms with van der Waals surface area (Å²) in [6.45, 7) is 0. The van der Waals surface area contributed by atoms with Crippen LogP contribution in [0.3, 0.4) is 0 Å². The Morgan fingerprint density at radius 1 is 0.812 bits per heavy atom. The third-order valence-electron chi connectivity index (χ3n) is 2.32. The molecular weight excluding hydrogens is 213 g/mol. The molecule has 0 heterocycles. The molecule has 0 saturated heterocycles. The van der Waals surface area contributed by atoms with Crippen molar-refractivity contribution in [3.8, 4) is 11.1 Å². The lowest BCUT2D eigenvalue weighted by atomic mass is 10.0. The first-order valence-corrected chi connectivity index (χ1v) is 4.81. The normalized spacial score (nSPS) is 10.8. The van der Waals surface area contributed by atoms with Gasteiger partial charge in [-0.05, 0) is 29.3 Å². The standard InChI is InChI=1S/C13H9F3/c14-12-6-4-9(5-7-12)10-2-1-3-11(8-10)13(15)16/h1-8,13H. The molecule has 3 heteroatoms. The van der Waals surface area contributed by atoms with Gasteiger partial charge in [-0.2, -0.15) is 0 Å². The van der Waals surface area contributed by atoms with Crippen molar-refractivity contribution in [2.45, 2.75) is 6.43 Å². The summed E-state index contributed by atoms with van der Waals surface area (Å²) in [5.74, 6) is -0.339. The van der Waals surface area contributed by atoms with Crippen LogP contribution in [-0.2, 0) is 0 Å². The van der Waals surface area contributed by atoms with Gasteiger partial charge in [-0.1, -0.05) is 30.3 Å². The second-order valence-electron chi connectivity index (χ2n) is 3.43. The number of hydrogen-bond acceptors (Lipinski definition) is 0. The molecule has 2 aromatic rings. The minimum Gasteiger partial charge on any atom is -0.207 e. The largest absolute Gasteiger partial charge is 0.263 e. The van der Waals surface area contributed by atoms with E-state index in [1.54, 1.807) is 24.3 Å². The van der Waals surface area contributed by atoms with Gasteiger partial charge in [0.2, 0.25) is 0 Å². The number of rotatable bonds is 2. The lowest BCUT2D eigenvalue weighted by Gasteiger charge is -2.04. The van der Waals surface area contributed by atoms with Gasteiger partial charge in [0.05, 0.1) is 0 Å². The van der Waals surface area contributed by atoms with Gasteiger partial charge < -0.3 is 0 Å². The second-order valence-corrected chi connectivity index (χ2v) is 3.43. The maximum atomic E-state index is 12.7. The summed E-state index contributed by atoms with van der Waals surface area (Å²) < 4.78 is 37.6. The molecule has 0 nitrogen and oxygen atoms in total. The Kier molecular flexibility index (Phi) is 2.95. The highest BCUT2D eigenvalue weighted by Crippen LogP contribution is 2.25. The number of alkyl halides is 2. The molecule has 0 bridgehead atoms. The fraction of sp³-hybridized carbons (Fsp3) is 0.0769. The zero-order valence-electron chi connectivity index (χ0n) is 8.33. The Labute approximate surface area is 91.4 Å². The lowest BCUT2D eigenvalue weighted by Crippen LogP contribution is -1.85. The van der Waals surface area contributed by atoms with Gasteiger partial charge in [0.25, 0.3) is 6.43 Å². The van der Waals surface area contributed by atoms with Gasteiger partial charge in [-0.3, -0.25) is 0 Å². The van der Waals surface area contributed by atoms with Gasteiger partial charge in [0.15, 0.2) is 0 Å². The maximum Gasteiger partial charge on any atom is 0.263 e. The smallest absolute Gasteiger partial charge is 0.207 e. The molecule has 16 heavy (non-hydrogen) atoms. The van der Waals surface area contributed by atoms with Gasteiger partial charge >= 0.3 is 0 Å². The molecular formula is C13H9F3. The van der Waals surface area contributed by atoms with E-state index in [2.05, 4.69) is 0 Å². The molecule has 0 aliphatic carbocycles. The van der Waals surface area contributed by atoms with E-state index in [1.807, 2.05) is 0 Å². The monoisotopic (exact) mass is 222 g/mol. The number of hydrogen-bond donors (Lipinski definition) is 0. The minimum absolute atomic E-state index is 0.0261. The summed E-state index contributed by atoms with van der Waals surface area (Å²) in [5.41, 5.74) is 1.36. The van der Waals surface area contributed by atoms with Crippen LogP contribution in [0.1, 0.15) is 12.0 Å². The molecule has 0 aromatic heterocycles. The summed E-state index contributed by atoms with van der Waals surface area (Å²) in [6.07, 6.45) is -2.49. The Bertz CT molecular complexity index is 475. The van der Waals surface area contributed by atoms with E-state index in [0.29, 0.717) is 5.56 Å². The van der Waals surface area contributed by atoms with Crippen LogP contribution in [0.5, 0.6) is 0 Å². The van der Waals surface area contributed by atoms with E-state index < -0.39 is 6.43 Å². The molecule has 0 spiro atoms. The first kappa shape index (κ1) is 10.7. The zero-order valence-corrected chi connectivity index (χ0v) is 8.33. The van der Waals surface area contributed by atoms with E-state index in [4.69, 9.17) is 0 Å². The van der Waals surface area contributed by atoms with Crippen LogP contribution in [0, 0.1) is 5.82 Å². The van der Waals surface area contributed by atoms with Gasteiger partial charge in [0, 0.05) is 5.56 Å². The van der Waals surface area contributed by atoms with Crippen LogP contribution >= 0.6 is 0 Å². The predicted octanol–water partition coefficient (Wildman–Crippen LogP) is 4.43. The summed E-state index contributed by atoms with van der Waals surface area (Å²) in [7, 11) is 0. The lowest BCUT2D eigenvalue weighted by molar-refractivity contribution is 0.151. The highest BCUT2D eigenvalue weighted by atomic mass is 19.3. The Morgan fingerprint density at radius 3 is 2.12 bits per heavy atom. The van der Waals surface area contributed by atoms with Crippen molar-refractivity contribution >= 4 is 0 Å². The van der Waals surface area contributed by atoms with Crippen LogP contribution < -0.4 is 0 Å². The van der Waals surface area contributed by atoms with E-state index >= 15 is 0 Å². The highest BCUT2D eigenvalue weighted by molar-refractivity contribution is 5.64. The quantitative estimate of drug-likeness (QED) is 0.705. The molecule has 0 saturated carbocycles. The Balaban J connectivity index is 2.40. The van der Waals surface area contributed by atoms with E-state index in [0.717, 1.165) is 5.56 Å². The molecule has 0 aliphatic heterocycles. The van der Waals surface area contributed by atoms with Crippen LogP contribution in [0.4, 0.5) is 13.2 Å². The summed E-state index contributed by atoms with van der Waals surface area (Å²) in [5, 5.41) is 0. The topological polar surface area (TPSA) is 0 Å². The van der Waals surface area contributed by atoms with Crippen LogP contribution in [0.2, 0.25) is 0 Å². The van der Waals surface area contributed by atoms with Gasteiger partial charge in [-0.25, -0.2) is 13.2 Å². The average molecular weight is 222 g/mol. The Morgan fingerprint density at radius 2 is 1.50 bits per heavy atom. The van der Waals surface area contributed by atoms with Crippen LogP contribution in [0.15, 0.2) is 48.5 Å². The molecule has 0 radical (unpaired) electrons. The molecule has 2 aromatic carbocycles. The van der Waals surface area contributed by atoms with Crippen molar-refractivity contribution in [3.05, 3.63) is 59.9 Å². The van der Waals surface area contributed by atoms with Crippen molar-refractivity contribution < 1.29 is 13.2 Å². The molecule has 2 rings (SSSR count). The highest BCUT2D eigenvalue weighted by Gasteiger charge is 2.07. The van der Waals surface area contributed by atoms with Crippen LogP contribution in [-0.4, -0.2) is 0 Å². The molecule has 0 N–H and O–H groups in total. The zero-order chi connectivity index (χ0) is 11.5. The molecule has 0 fully saturated rings. The number of halogens is 3. The molecule has 0 aliphatic rings. The fourth-order valence-electron chi connectivity index (χ4n) is 1.50. The number of benzene rings is 2. The van der Waals surface area contributed by atoms with Crippen molar-refractivity contribution in [1.29, 1.82) is 0 Å². The van der Waals surface area contributed by atoms with Crippen molar-refractivity contribution in [2.75, 3.05) is 0 Å². The maximum absolute atomic E-state index is 12.7. The first-order chi connectivity index (χ1) is 7.66. The van der Waals surface area contributed by atoms with Gasteiger partial charge in [-0.15, -0.1) is 0 Å². The fourth-order valence-corrected chi connectivity index (χ4v) is 1.50. The Hall–Kier alpha value is -1.77. The van der Waals surface area contributed by atoms with Crippen molar-refractivity contribution in [2.24, 2.45) is 0 Å². The third kappa shape index (κ3) is 2.24. The predicted molar refractivity (Wildman–Crippen MR) is 56.8 cm³/mol. The van der Waals surface area contributed by atoms with Crippen LogP contribution in [0.25, 0.3) is 11.1 Å². The SMILES string of the molecule is Fc1ccc(-c2cccc(C(F)F)c2)cc1. The molecule has 0 amide bonds. The second kappa shape index (κ2) is 4.39. The van der Waals surface area contributed by atoms with Gasteiger partial charge in [0.1, 0.15) is 5.82 Å². The molecule has 82 valence electrons. The van der Waals surface area contributed by atoms with E-state index in [-0.39, 0.29) is 11.4 Å². The summed E-state index contributed by atoms with van der Waals surface area (Å²) in [4.78, 5) is 0. The first-order valence-electron chi connectivity index (χ1n) is 4.81. The summed E-state index contributed by atoms with van der Waals surface area (Å²) in [6, 6.07) is 11.8. The minimum atomic E-state index is -2.49. The van der Waals surface area contributed by atoms with E-state index in [1.165, 1.54) is 24.3 Å². The summed E-state index contributed by atoms with van der Waals surface area (Å²) >= 11 is 0. The average Bonchev–Trinajstić information content (AvgIpc) is 2.30.